The van der Waals surface area contributed by atoms with Crippen molar-refractivity contribution in [1.29, 1.82) is 0 Å². The molecule has 0 unspecified atom stereocenters. The SMILES string of the molecule is CN(C)c1cccc2c(S(=O)(=O)Nc3cc(=O)[nH][nH]3)cccc12. The molecule has 1 heterocycles. The smallest absolute Gasteiger partial charge is 0.266 e. The third-order valence-electron chi connectivity index (χ3n) is 3.47. The number of nitrogens with one attached hydrogen (secondary N) is 3. The molecule has 8 heteroatoms. The Bertz CT molecular complexity index is 1020. The van der Waals surface area contributed by atoms with Gasteiger partial charge < -0.3 is 4.90 Å². The summed E-state index contributed by atoms with van der Waals surface area (Å²) in [5.74, 6) is 0.0933. The molecule has 120 valence electrons. The van der Waals surface area contributed by atoms with Crippen LogP contribution in [0.25, 0.3) is 10.8 Å². The summed E-state index contributed by atoms with van der Waals surface area (Å²) in [6.07, 6.45) is 0. The molecule has 0 saturated carbocycles. The van der Waals surface area contributed by atoms with Gasteiger partial charge in [-0.05, 0) is 12.1 Å². The van der Waals surface area contributed by atoms with Gasteiger partial charge in [0.25, 0.3) is 15.6 Å². The van der Waals surface area contributed by atoms with Gasteiger partial charge in [-0.15, -0.1) is 0 Å². The number of rotatable bonds is 4. The maximum atomic E-state index is 12.6. The van der Waals surface area contributed by atoms with E-state index in [1.54, 1.807) is 12.1 Å². The first-order chi connectivity index (χ1) is 10.9. The number of aromatic amines is 2. The van der Waals surface area contributed by atoms with E-state index < -0.39 is 15.6 Å². The minimum atomic E-state index is -3.83. The number of fused-ring (bicyclic) bond motifs is 1. The molecule has 7 nitrogen and oxygen atoms in total. The normalized spacial score (nSPS) is 11.6. The molecular formula is C15H16N4O3S. The van der Waals surface area contributed by atoms with Gasteiger partial charge in [-0.25, -0.2) is 8.42 Å². The monoisotopic (exact) mass is 332 g/mol. The molecule has 0 amide bonds. The lowest BCUT2D eigenvalue weighted by Gasteiger charge is -2.17. The van der Waals surface area contributed by atoms with Gasteiger partial charge in [-0.1, -0.05) is 24.3 Å². The summed E-state index contributed by atoms with van der Waals surface area (Å²) in [5, 5.41) is 6.21. The topological polar surface area (TPSA) is 98.1 Å². The first kappa shape index (κ1) is 15.2. The minimum absolute atomic E-state index is 0.0933. The van der Waals surface area contributed by atoms with Crippen molar-refractivity contribution in [3.8, 4) is 0 Å². The quantitative estimate of drug-likeness (QED) is 0.677. The van der Waals surface area contributed by atoms with Gasteiger partial charge in [-0.2, -0.15) is 0 Å². The molecule has 0 saturated heterocycles. The fourth-order valence-electron chi connectivity index (χ4n) is 2.48. The second-order valence-corrected chi connectivity index (χ2v) is 6.95. The van der Waals surface area contributed by atoms with Gasteiger partial charge in [0.2, 0.25) is 0 Å². The number of aromatic nitrogens is 2. The van der Waals surface area contributed by atoms with Crippen LogP contribution in [0.15, 0.2) is 52.2 Å². The summed E-state index contributed by atoms with van der Waals surface area (Å²) in [7, 11) is -0.0247. The van der Waals surface area contributed by atoms with E-state index in [0.717, 1.165) is 17.1 Å². The van der Waals surface area contributed by atoms with Gasteiger partial charge in [0.15, 0.2) is 0 Å². The Hall–Kier alpha value is -2.74. The summed E-state index contributed by atoms with van der Waals surface area (Å²) in [6, 6.07) is 11.8. The number of H-pyrrole nitrogens is 2. The van der Waals surface area contributed by atoms with Crippen LogP contribution in [0.5, 0.6) is 0 Å². The lowest BCUT2D eigenvalue weighted by molar-refractivity contribution is 0.602. The third kappa shape index (κ3) is 2.80. The molecule has 23 heavy (non-hydrogen) atoms. The van der Waals surface area contributed by atoms with E-state index in [9.17, 15) is 13.2 Å². The standard InChI is InChI=1S/C15H16N4O3S/c1-19(2)12-7-3-6-11-10(12)5-4-8-13(11)23(21,22)18-14-9-15(20)17-16-14/h3-9H,1-2H3,(H3,16,17,18,20). The third-order valence-corrected chi connectivity index (χ3v) is 4.89. The van der Waals surface area contributed by atoms with E-state index in [0.29, 0.717) is 5.39 Å². The Labute approximate surface area is 133 Å². The molecule has 0 bridgehead atoms. The first-order valence-electron chi connectivity index (χ1n) is 6.88. The highest BCUT2D eigenvalue weighted by Gasteiger charge is 2.19. The van der Waals surface area contributed by atoms with E-state index >= 15 is 0 Å². The molecule has 0 spiro atoms. The predicted octanol–water partition coefficient (Wildman–Crippen LogP) is 1.72. The van der Waals surface area contributed by atoms with Crippen LogP contribution in [0.1, 0.15) is 0 Å². The zero-order chi connectivity index (χ0) is 16.6. The Morgan fingerprint density at radius 3 is 2.35 bits per heavy atom. The Balaban J connectivity index is 2.16. The first-order valence-corrected chi connectivity index (χ1v) is 8.36. The van der Waals surface area contributed by atoms with Crippen molar-refractivity contribution in [2.45, 2.75) is 4.90 Å². The van der Waals surface area contributed by atoms with Crippen LogP contribution in [-0.4, -0.2) is 32.7 Å². The van der Waals surface area contributed by atoms with E-state index in [1.807, 2.05) is 37.2 Å². The van der Waals surface area contributed by atoms with Crippen LogP contribution in [0.3, 0.4) is 0 Å². The van der Waals surface area contributed by atoms with Crippen LogP contribution >= 0.6 is 0 Å². The largest absolute Gasteiger partial charge is 0.377 e. The zero-order valence-electron chi connectivity index (χ0n) is 12.6. The number of hydrogen-bond acceptors (Lipinski definition) is 4. The minimum Gasteiger partial charge on any atom is -0.377 e. The maximum absolute atomic E-state index is 12.6. The second kappa shape index (κ2) is 5.47. The van der Waals surface area contributed by atoms with Crippen molar-refractivity contribution in [2.75, 3.05) is 23.7 Å². The molecular weight excluding hydrogens is 316 g/mol. The van der Waals surface area contributed by atoms with Gasteiger partial charge >= 0.3 is 0 Å². The summed E-state index contributed by atoms with van der Waals surface area (Å²) in [6.45, 7) is 0. The van der Waals surface area contributed by atoms with E-state index in [1.165, 1.54) is 6.07 Å². The van der Waals surface area contributed by atoms with Crippen LogP contribution in [0.4, 0.5) is 11.5 Å². The molecule has 3 N–H and O–H groups in total. The Morgan fingerprint density at radius 2 is 1.70 bits per heavy atom. The number of anilines is 2. The van der Waals surface area contributed by atoms with Crippen molar-refractivity contribution in [1.82, 2.24) is 10.2 Å². The van der Waals surface area contributed by atoms with Crippen LogP contribution < -0.4 is 15.2 Å². The number of nitrogens with zero attached hydrogens (tertiary/aromatic N) is 1. The highest BCUT2D eigenvalue weighted by molar-refractivity contribution is 7.93. The lowest BCUT2D eigenvalue weighted by Crippen LogP contribution is -2.14. The van der Waals surface area contributed by atoms with E-state index in [4.69, 9.17) is 0 Å². The number of hydrogen-bond donors (Lipinski definition) is 3. The van der Waals surface area contributed by atoms with Gasteiger partial charge in [0.1, 0.15) is 5.82 Å². The maximum Gasteiger partial charge on any atom is 0.266 e. The Kier molecular flexibility index (Phi) is 3.61. The van der Waals surface area contributed by atoms with Crippen molar-refractivity contribution in [2.24, 2.45) is 0 Å². The highest BCUT2D eigenvalue weighted by atomic mass is 32.2. The molecule has 3 rings (SSSR count). The average Bonchev–Trinajstić information content (AvgIpc) is 2.90. The lowest BCUT2D eigenvalue weighted by atomic mass is 10.1. The van der Waals surface area contributed by atoms with E-state index in [2.05, 4.69) is 14.9 Å². The summed E-state index contributed by atoms with van der Waals surface area (Å²) >= 11 is 0. The highest BCUT2D eigenvalue weighted by Crippen LogP contribution is 2.30. The molecule has 2 aromatic carbocycles. The van der Waals surface area contributed by atoms with Gasteiger partial charge in [0, 0.05) is 36.6 Å². The summed E-state index contributed by atoms with van der Waals surface area (Å²) < 4.78 is 27.7. The molecule has 0 aliphatic heterocycles. The molecule has 1 aromatic heterocycles. The van der Waals surface area contributed by atoms with Crippen LogP contribution in [0.2, 0.25) is 0 Å². The van der Waals surface area contributed by atoms with Crippen molar-refractivity contribution in [3.63, 3.8) is 0 Å². The summed E-state index contributed by atoms with van der Waals surface area (Å²) in [5.41, 5.74) is 0.519. The van der Waals surface area contributed by atoms with Gasteiger partial charge in [0.05, 0.1) is 4.90 Å². The van der Waals surface area contributed by atoms with Gasteiger partial charge in [-0.3, -0.25) is 19.7 Å². The Morgan fingerprint density at radius 1 is 1.00 bits per heavy atom. The van der Waals surface area contributed by atoms with Crippen LogP contribution in [-0.2, 0) is 10.0 Å². The van der Waals surface area contributed by atoms with Crippen LogP contribution in [0, 0.1) is 0 Å². The molecule has 0 atom stereocenters. The van der Waals surface area contributed by atoms with Crippen molar-refractivity contribution < 1.29 is 8.42 Å². The molecule has 3 aromatic rings. The number of benzene rings is 2. The molecule has 0 fully saturated rings. The predicted molar refractivity (Wildman–Crippen MR) is 90.5 cm³/mol. The zero-order valence-corrected chi connectivity index (χ0v) is 13.4. The molecule has 0 aliphatic carbocycles. The second-order valence-electron chi connectivity index (χ2n) is 5.30. The molecule has 0 radical (unpaired) electrons. The average molecular weight is 332 g/mol. The number of sulfonamides is 1. The van der Waals surface area contributed by atoms with Crippen molar-refractivity contribution >= 4 is 32.3 Å². The fourth-order valence-corrected chi connectivity index (χ4v) is 3.71. The molecule has 0 aliphatic rings. The van der Waals surface area contributed by atoms with Crippen molar-refractivity contribution in [3.05, 3.63) is 52.8 Å². The fraction of sp³-hybridized carbons (Fsp3) is 0.133. The van der Waals surface area contributed by atoms with E-state index in [-0.39, 0.29) is 10.7 Å². The summed E-state index contributed by atoms with van der Waals surface area (Å²) in [4.78, 5) is 13.2.